The molecule has 2 aromatic rings. The number of hydrogen-bond donors (Lipinski definition) is 3. The SMILES string of the molecule is O=C(NCc1ccccc1)C1Cc2ccccc2CN1.O=C(O)C(F)(F)F. The van der Waals surface area contributed by atoms with Crippen LogP contribution in [0.1, 0.15) is 16.7 Å². The number of benzene rings is 2. The molecule has 3 N–H and O–H groups in total. The van der Waals surface area contributed by atoms with E-state index in [1.807, 2.05) is 42.5 Å². The normalized spacial score (nSPS) is 15.7. The molecule has 1 heterocycles. The lowest BCUT2D eigenvalue weighted by Crippen LogP contribution is -2.47. The predicted octanol–water partition coefficient (Wildman–Crippen LogP) is 2.65. The molecule has 1 atom stereocenters. The molecule has 0 radical (unpaired) electrons. The fourth-order valence-corrected chi connectivity index (χ4v) is 2.55. The van der Waals surface area contributed by atoms with Gasteiger partial charge >= 0.3 is 12.1 Å². The van der Waals surface area contributed by atoms with Crippen LogP contribution in [-0.4, -0.2) is 29.2 Å². The summed E-state index contributed by atoms with van der Waals surface area (Å²) in [5.41, 5.74) is 3.68. The monoisotopic (exact) mass is 380 g/mol. The molecule has 27 heavy (non-hydrogen) atoms. The zero-order chi connectivity index (χ0) is 19.9. The smallest absolute Gasteiger partial charge is 0.475 e. The highest BCUT2D eigenvalue weighted by Crippen LogP contribution is 2.16. The molecule has 5 nitrogen and oxygen atoms in total. The Kier molecular flexibility index (Phi) is 6.95. The summed E-state index contributed by atoms with van der Waals surface area (Å²) in [6.45, 7) is 1.35. The van der Waals surface area contributed by atoms with Crippen LogP contribution in [0, 0.1) is 0 Å². The van der Waals surface area contributed by atoms with Crippen LogP contribution in [0.4, 0.5) is 13.2 Å². The maximum atomic E-state index is 12.2. The first kappa shape index (κ1) is 20.4. The molecule has 0 saturated carbocycles. The zero-order valence-electron chi connectivity index (χ0n) is 14.3. The van der Waals surface area contributed by atoms with E-state index in [0.717, 1.165) is 18.5 Å². The molecule has 0 fully saturated rings. The third-order valence-corrected chi connectivity index (χ3v) is 3.95. The lowest BCUT2D eigenvalue weighted by Gasteiger charge is -2.25. The van der Waals surface area contributed by atoms with Gasteiger partial charge in [-0.2, -0.15) is 13.2 Å². The van der Waals surface area contributed by atoms with Gasteiger partial charge in [-0.05, 0) is 23.1 Å². The quantitative estimate of drug-likeness (QED) is 0.765. The Morgan fingerprint density at radius 1 is 1.04 bits per heavy atom. The number of aliphatic carboxylic acids is 1. The third kappa shape index (κ3) is 6.41. The van der Waals surface area contributed by atoms with Crippen molar-refractivity contribution in [3.05, 3.63) is 71.3 Å². The van der Waals surface area contributed by atoms with Crippen LogP contribution in [0.3, 0.4) is 0 Å². The fraction of sp³-hybridized carbons (Fsp3) is 0.263. The molecule has 0 aromatic heterocycles. The first-order valence-corrected chi connectivity index (χ1v) is 8.19. The van der Waals surface area contributed by atoms with Gasteiger partial charge in [-0.1, -0.05) is 54.6 Å². The summed E-state index contributed by atoms with van der Waals surface area (Å²) in [6.07, 6.45) is -4.32. The van der Waals surface area contributed by atoms with Crippen LogP contribution < -0.4 is 10.6 Å². The second-order valence-electron chi connectivity index (χ2n) is 5.91. The Balaban J connectivity index is 0.000000321. The topological polar surface area (TPSA) is 78.4 Å². The van der Waals surface area contributed by atoms with Gasteiger partial charge in [-0.25, -0.2) is 4.79 Å². The van der Waals surface area contributed by atoms with Crippen molar-refractivity contribution in [3.8, 4) is 0 Å². The number of rotatable bonds is 3. The Morgan fingerprint density at radius 3 is 2.19 bits per heavy atom. The maximum absolute atomic E-state index is 12.2. The lowest BCUT2D eigenvalue weighted by atomic mass is 9.95. The van der Waals surface area contributed by atoms with E-state index in [1.165, 1.54) is 11.1 Å². The lowest BCUT2D eigenvalue weighted by molar-refractivity contribution is -0.192. The van der Waals surface area contributed by atoms with E-state index in [2.05, 4.69) is 22.8 Å². The molecule has 1 aliphatic rings. The predicted molar refractivity (Wildman–Crippen MR) is 92.8 cm³/mol. The number of carboxylic acid groups (broad SMARTS) is 1. The maximum Gasteiger partial charge on any atom is 0.490 e. The van der Waals surface area contributed by atoms with Crippen molar-refractivity contribution in [2.75, 3.05) is 0 Å². The van der Waals surface area contributed by atoms with Crippen molar-refractivity contribution in [1.82, 2.24) is 10.6 Å². The van der Waals surface area contributed by atoms with E-state index in [4.69, 9.17) is 9.90 Å². The number of carboxylic acids is 1. The average molecular weight is 380 g/mol. The number of hydrogen-bond acceptors (Lipinski definition) is 3. The standard InChI is InChI=1S/C17H18N2O.C2HF3O2/c20-17(19-11-13-6-2-1-3-7-13)16-10-14-8-4-5-9-15(14)12-18-16;3-2(4,5)1(6)7/h1-9,16,18H,10-12H2,(H,19,20);(H,6,7). The minimum atomic E-state index is -5.08. The molecular formula is C19H19F3N2O3. The van der Waals surface area contributed by atoms with Crippen LogP contribution in [0.25, 0.3) is 0 Å². The van der Waals surface area contributed by atoms with Crippen LogP contribution in [0.15, 0.2) is 54.6 Å². The number of carbonyl (C=O) groups is 2. The number of amides is 1. The molecule has 1 aliphatic heterocycles. The van der Waals surface area contributed by atoms with E-state index in [1.54, 1.807) is 0 Å². The van der Waals surface area contributed by atoms with Crippen molar-refractivity contribution in [1.29, 1.82) is 0 Å². The molecule has 1 amide bonds. The van der Waals surface area contributed by atoms with Crippen LogP contribution in [-0.2, 0) is 29.1 Å². The van der Waals surface area contributed by atoms with Crippen molar-refractivity contribution >= 4 is 11.9 Å². The van der Waals surface area contributed by atoms with E-state index in [-0.39, 0.29) is 11.9 Å². The molecule has 3 rings (SSSR count). The highest BCUT2D eigenvalue weighted by molar-refractivity contribution is 5.82. The average Bonchev–Trinajstić information content (AvgIpc) is 2.66. The largest absolute Gasteiger partial charge is 0.490 e. The number of nitrogens with one attached hydrogen (secondary N) is 2. The fourth-order valence-electron chi connectivity index (χ4n) is 2.55. The second kappa shape index (κ2) is 9.18. The van der Waals surface area contributed by atoms with Crippen LogP contribution in [0.2, 0.25) is 0 Å². The van der Waals surface area contributed by atoms with Gasteiger partial charge in [0.2, 0.25) is 5.91 Å². The number of fused-ring (bicyclic) bond motifs is 1. The van der Waals surface area contributed by atoms with E-state index < -0.39 is 12.1 Å². The summed E-state index contributed by atoms with van der Waals surface area (Å²) in [5.74, 6) is -2.68. The van der Waals surface area contributed by atoms with Gasteiger partial charge in [0.05, 0.1) is 6.04 Å². The van der Waals surface area contributed by atoms with Crippen molar-refractivity contribution < 1.29 is 27.9 Å². The molecule has 8 heteroatoms. The highest BCUT2D eigenvalue weighted by Gasteiger charge is 2.38. The molecule has 1 unspecified atom stereocenters. The summed E-state index contributed by atoms with van der Waals surface area (Å²) in [6, 6.07) is 18.1. The van der Waals surface area contributed by atoms with Crippen LogP contribution >= 0.6 is 0 Å². The van der Waals surface area contributed by atoms with E-state index in [9.17, 15) is 18.0 Å². The molecular weight excluding hydrogens is 361 g/mol. The third-order valence-electron chi connectivity index (χ3n) is 3.95. The molecule has 144 valence electrons. The van der Waals surface area contributed by atoms with Gasteiger partial charge in [-0.3, -0.25) is 4.79 Å². The molecule has 0 bridgehead atoms. The summed E-state index contributed by atoms with van der Waals surface area (Å²) >= 11 is 0. The van der Waals surface area contributed by atoms with Gasteiger partial charge < -0.3 is 15.7 Å². The minimum Gasteiger partial charge on any atom is -0.475 e. The first-order chi connectivity index (χ1) is 12.8. The van der Waals surface area contributed by atoms with Crippen molar-refractivity contribution in [3.63, 3.8) is 0 Å². The van der Waals surface area contributed by atoms with Gasteiger partial charge in [0.1, 0.15) is 0 Å². The van der Waals surface area contributed by atoms with E-state index >= 15 is 0 Å². The van der Waals surface area contributed by atoms with Gasteiger partial charge in [-0.15, -0.1) is 0 Å². The number of halogens is 3. The highest BCUT2D eigenvalue weighted by atomic mass is 19.4. The van der Waals surface area contributed by atoms with Gasteiger partial charge in [0.15, 0.2) is 0 Å². The van der Waals surface area contributed by atoms with Crippen LogP contribution in [0.5, 0.6) is 0 Å². The minimum absolute atomic E-state index is 0.0726. The van der Waals surface area contributed by atoms with Crippen molar-refractivity contribution in [2.45, 2.75) is 31.7 Å². The Hall–Kier alpha value is -2.87. The Bertz CT molecular complexity index is 779. The Labute approximate surface area is 154 Å². The Morgan fingerprint density at radius 2 is 1.59 bits per heavy atom. The number of carbonyl (C=O) groups excluding carboxylic acids is 1. The first-order valence-electron chi connectivity index (χ1n) is 8.19. The molecule has 0 spiro atoms. The number of alkyl halides is 3. The van der Waals surface area contributed by atoms with E-state index in [0.29, 0.717) is 6.54 Å². The van der Waals surface area contributed by atoms with Gasteiger partial charge in [0.25, 0.3) is 0 Å². The van der Waals surface area contributed by atoms with Gasteiger partial charge in [0, 0.05) is 13.1 Å². The zero-order valence-corrected chi connectivity index (χ0v) is 14.3. The summed E-state index contributed by atoms with van der Waals surface area (Å²) in [7, 11) is 0. The molecule has 0 saturated heterocycles. The molecule has 2 aromatic carbocycles. The summed E-state index contributed by atoms with van der Waals surface area (Å²) < 4.78 is 31.7. The molecule has 0 aliphatic carbocycles. The summed E-state index contributed by atoms with van der Waals surface area (Å²) in [5, 5.41) is 13.4. The summed E-state index contributed by atoms with van der Waals surface area (Å²) in [4.78, 5) is 21.1. The second-order valence-corrected chi connectivity index (χ2v) is 5.91. The van der Waals surface area contributed by atoms with Crippen molar-refractivity contribution in [2.24, 2.45) is 0 Å².